The zero-order chi connectivity index (χ0) is 11.4. The van der Waals surface area contributed by atoms with Crippen molar-refractivity contribution < 1.29 is 0 Å². The van der Waals surface area contributed by atoms with Crippen LogP contribution in [0.1, 0.15) is 5.56 Å². The molecular weight excluding hydrogens is 282 g/mol. The Kier molecular flexibility index (Phi) is 3.91. The van der Waals surface area contributed by atoms with Gasteiger partial charge in [-0.2, -0.15) is 0 Å². The Hall–Kier alpha value is -0.930. The van der Waals surface area contributed by atoms with Crippen molar-refractivity contribution in [1.82, 2.24) is 0 Å². The van der Waals surface area contributed by atoms with Gasteiger partial charge in [-0.25, -0.2) is 0 Å². The molecule has 0 fully saturated rings. The minimum absolute atomic E-state index is 1.10. The number of hydrogen-bond acceptors (Lipinski definition) is 2. The molecule has 0 amide bonds. The van der Waals surface area contributed by atoms with E-state index < -0.39 is 0 Å². The average Bonchev–Trinajstić information content (AvgIpc) is 2.30. The van der Waals surface area contributed by atoms with Crippen LogP contribution in [0.3, 0.4) is 0 Å². The third-order valence-electron chi connectivity index (χ3n) is 2.15. The molecule has 0 radical (unpaired) electrons. The van der Waals surface area contributed by atoms with Crippen LogP contribution in [0, 0.1) is 6.92 Å². The molecule has 0 aliphatic heterocycles. The molecule has 1 nitrogen and oxygen atoms in total. The topological polar surface area (TPSA) is 12.0 Å². The van der Waals surface area contributed by atoms with E-state index in [0.29, 0.717) is 0 Å². The maximum Gasteiger partial charge on any atom is 0.0443 e. The van der Waals surface area contributed by atoms with Gasteiger partial charge in [0.05, 0.1) is 0 Å². The third kappa shape index (κ3) is 3.29. The van der Waals surface area contributed by atoms with Crippen LogP contribution < -0.4 is 4.72 Å². The molecule has 0 aliphatic carbocycles. The molecule has 0 bridgehead atoms. The van der Waals surface area contributed by atoms with Crippen LogP contribution in [0.5, 0.6) is 0 Å². The van der Waals surface area contributed by atoms with Gasteiger partial charge in [-0.1, -0.05) is 33.6 Å². The largest absolute Gasteiger partial charge is 0.326 e. The Bertz CT molecular complexity index is 405. The second kappa shape index (κ2) is 5.41. The Morgan fingerprint density at radius 3 is 2.19 bits per heavy atom. The molecule has 2 aromatic rings. The van der Waals surface area contributed by atoms with Gasteiger partial charge in [0.1, 0.15) is 0 Å². The van der Waals surface area contributed by atoms with E-state index in [1.54, 1.807) is 11.9 Å². The van der Waals surface area contributed by atoms with E-state index in [2.05, 4.69) is 64.0 Å². The highest BCUT2D eigenvalue weighted by atomic mass is 79.9. The van der Waals surface area contributed by atoms with Crippen LogP contribution in [-0.4, -0.2) is 0 Å². The van der Waals surface area contributed by atoms with E-state index in [-0.39, 0.29) is 0 Å². The molecule has 0 unspecified atom stereocenters. The lowest BCUT2D eigenvalue weighted by molar-refractivity contribution is 1.44. The molecule has 2 rings (SSSR count). The van der Waals surface area contributed by atoms with Gasteiger partial charge < -0.3 is 4.72 Å². The first kappa shape index (κ1) is 11.6. The zero-order valence-electron chi connectivity index (χ0n) is 8.91. The first-order valence-corrected chi connectivity index (χ1v) is 6.60. The standard InChI is InChI=1S/C13H12BrNS/c1-10-2-6-12(7-3-10)15-16-13-8-4-11(14)5-9-13/h2-9,15H,1H3. The van der Waals surface area contributed by atoms with Crippen LogP contribution in [0.4, 0.5) is 5.69 Å². The maximum absolute atomic E-state index is 3.42. The van der Waals surface area contributed by atoms with Gasteiger partial charge in [0.2, 0.25) is 0 Å². The molecule has 0 atom stereocenters. The minimum Gasteiger partial charge on any atom is -0.326 e. The lowest BCUT2D eigenvalue weighted by Crippen LogP contribution is -1.86. The van der Waals surface area contributed by atoms with Crippen LogP contribution in [0.25, 0.3) is 0 Å². The SMILES string of the molecule is Cc1ccc(NSc2ccc(Br)cc2)cc1. The fourth-order valence-electron chi connectivity index (χ4n) is 1.24. The summed E-state index contributed by atoms with van der Waals surface area (Å²) in [5.74, 6) is 0. The van der Waals surface area contributed by atoms with Crippen molar-refractivity contribution in [3.05, 3.63) is 58.6 Å². The number of anilines is 1. The summed E-state index contributed by atoms with van der Waals surface area (Å²) in [4.78, 5) is 1.20. The Morgan fingerprint density at radius 2 is 1.56 bits per heavy atom. The van der Waals surface area contributed by atoms with E-state index in [1.807, 2.05) is 12.1 Å². The Labute approximate surface area is 109 Å². The lowest BCUT2D eigenvalue weighted by Gasteiger charge is -2.05. The lowest BCUT2D eigenvalue weighted by atomic mass is 10.2. The number of nitrogens with one attached hydrogen (secondary N) is 1. The van der Waals surface area contributed by atoms with Crippen molar-refractivity contribution >= 4 is 33.6 Å². The summed E-state index contributed by atoms with van der Waals surface area (Å²) in [5.41, 5.74) is 2.40. The van der Waals surface area contributed by atoms with E-state index >= 15 is 0 Å². The second-order valence-electron chi connectivity index (χ2n) is 3.52. The quantitative estimate of drug-likeness (QED) is 0.810. The monoisotopic (exact) mass is 293 g/mol. The summed E-state index contributed by atoms with van der Waals surface area (Å²) in [5, 5.41) is 0. The fourth-order valence-corrected chi connectivity index (χ4v) is 2.15. The molecule has 16 heavy (non-hydrogen) atoms. The number of rotatable bonds is 3. The predicted octanol–water partition coefficient (Wildman–Crippen LogP) is 4.88. The van der Waals surface area contributed by atoms with E-state index in [9.17, 15) is 0 Å². The van der Waals surface area contributed by atoms with Gasteiger partial charge in [-0.3, -0.25) is 0 Å². The molecule has 2 aromatic carbocycles. The normalized spacial score (nSPS) is 10.1. The van der Waals surface area contributed by atoms with E-state index in [1.165, 1.54) is 10.5 Å². The highest BCUT2D eigenvalue weighted by Gasteiger charge is 1.95. The van der Waals surface area contributed by atoms with Crippen LogP contribution >= 0.6 is 27.9 Å². The summed E-state index contributed by atoms with van der Waals surface area (Å²) in [6.45, 7) is 2.09. The summed E-state index contributed by atoms with van der Waals surface area (Å²) in [7, 11) is 0. The van der Waals surface area contributed by atoms with Gasteiger partial charge in [0.15, 0.2) is 0 Å². The first-order chi connectivity index (χ1) is 7.74. The van der Waals surface area contributed by atoms with E-state index in [0.717, 1.165) is 10.2 Å². The van der Waals surface area contributed by atoms with Crippen LogP contribution in [-0.2, 0) is 0 Å². The Morgan fingerprint density at radius 1 is 0.938 bits per heavy atom. The van der Waals surface area contributed by atoms with Gasteiger partial charge in [0.25, 0.3) is 0 Å². The maximum atomic E-state index is 3.42. The number of halogens is 1. The summed E-state index contributed by atoms with van der Waals surface area (Å²) in [6, 6.07) is 16.6. The predicted molar refractivity (Wildman–Crippen MR) is 74.8 cm³/mol. The molecule has 1 N–H and O–H groups in total. The minimum atomic E-state index is 1.10. The van der Waals surface area contributed by atoms with Crippen molar-refractivity contribution in [2.24, 2.45) is 0 Å². The highest BCUT2D eigenvalue weighted by molar-refractivity contribution is 9.10. The molecular formula is C13H12BrNS. The van der Waals surface area contributed by atoms with Gasteiger partial charge in [-0.05, 0) is 55.3 Å². The van der Waals surface area contributed by atoms with Crippen LogP contribution in [0.2, 0.25) is 0 Å². The van der Waals surface area contributed by atoms with Crippen LogP contribution in [0.15, 0.2) is 57.9 Å². The van der Waals surface area contributed by atoms with Crippen molar-refractivity contribution in [3.63, 3.8) is 0 Å². The van der Waals surface area contributed by atoms with Gasteiger partial charge in [-0.15, -0.1) is 0 Å². The fraction of sp³-hybridized carbons (Fsp3) is 0.0769. The van der Waals surface area contributed by atoms with Gasteiger partial charge >= 0.3 is 0 Å². The summed E-state index contributed by atoms with van der Waals surface area (Å²) < 4.78 is 4.41. The van der Waals surface area contributed by atoms with Gasteiger partial charge in [0, 0.05) is 15.1 Å². The molecule has 0 spiro atoms. The Balaban J connectivity index is 1.97. The number of hydrogen-bond donors (Lipinski definition) is 1. The molecule has 0 heterocycles. The van der Waals surface area contributed by atoms with Crippen molar-refractivity contribution in [3.8, 4) is 0 Å². The summed E-state index contributed by atoms with van der Waals surface area (Å²) >= 11 is 5.04. The molecule has 0 aromatic heterocycles. The smallest absolute Gasteiger partial charge is 0.0443 e. The van der Waals surface area contributed by atoms with Crippen molar-refractivity contribution in [2.45, 2.75) is 11.8 Å². The first-order valence-electron chi connectivity index (χ1n) is 4.99. The highest BCUT2D eigenvalue weighted by Crippen LogP contribution is 2.22. The van der Waals surface area contributed by atoms with E-state index in [4.69, 9.17) is 0 Å². The molecule has 3 heteroatoms. The summed E-state index contributed by atoms with van der Waals surface area (Å²) in [6.07, 6.45) is 0. The number of aryl methyl sites for hydroxylation is 1. The molecule has 0 saturated carbocycles. The van der Waals surface area contributed by atoms with Crippen molar-refractivity contribution in [2.75, 3.05) is 4.72 Å². The third-order valence-corrected chi connectivity index (χ3v) is 3.53. The second-order valence-corrected chi connectivity index (χ2v) is 5.32. The molecule has 0 saturated heterocycles. The molecule has 0 aliphatic rings. The zero-order valence-corrected chi connectivity index (χ0v) is 11.3. The molecule has 82 valence electrons. The van der Waals surface area contributed by atoms with Crippen molar-refractivity contribution in [1.29, 1.82) is 0 Å². The number of benzene rings is 2. The average molecular weight is 294 g/mol.